The van der Waals surface area contributed by atoms with Crippen LogP contribution in [-0.4, -0.2) is 61.4 Å². The molecule has 0 aromatic carbocycles. The molecule has 1 unspecified atom stereocenters. The van der Waals surface area contributed by atoms with Crippen LogP contribution in [-0.2, 0) is 9.59 Å². The van der Waals surface area contributed by atoms with E-state index in [0.717, 1.165) is 25.9 Å². The summed E-state index contributed by atoms with van der Waals surface area (Å²) < 4.78 is 0. The van der Waals surface area contributed by atoms with Crippen LogP contribution in [0.25, 0.3) is 0 Å². The number of amides is 2. The second kappa shape index (κ2) is 7.25. The first-order chi connectivity index (χ1) is 10.0. The Morgan fingerprint density at radius 3 is 2.29 bits per heavy atom. The number of nitrogens with one attached hydrogen (secondary N) is 1. The fourth-order valence-electron chi connectivity index (χ4n) is 3.28. The average molecular weight is 295 g/mol. The Bertz CT molecular complexity index is 376. The summed E-state index contributed by atoms with van der Waals surface area (Å²) in [5.74, 6) is 0.582. The van der Waals surface area contributed by atoms with Gasteiger partial charge in [-0.05, 0) is 31.8 Å². The molecule has 0 bridgehead atoms. The number of carbonyl (C=O) groups excluding carboxylic acids is 2. The van der Waals surface area contributed by atoms with Crippen molar-refractivity contribution < 1.29 is 9.59 Å². The Morgan fingerprint density at radius 1 is 1.14 bits per heavy atom. The second-order valence-corrected chi connectivity index (χ2v) is 6.70. The average Bonchev–Trinajstić information content (AvgIpc) is 2.44. The van der Waals surface area contributed by atoms with Gasteiger partial charge in [-0.25, -0.2) is 0 Å². The summed E-state index contributed by atoms with van der Waals surface area (Å²) in [5.41, 5.74) is 0. The summed E-state index contributed by atoms with van der Waals surface area (Å²) in [6.45, 7) is 4.00. The summed E-state index contributed by atoms with van der Waals surface area (Å²) >= 11 is 0. The summed E-state index contributed by atoms with van der Waals surface area (Å²) in [5, 5.41) is 3.19. The van der Waals surface area contributed by atoms with Crippen molar-refractivity contribution in [1.29, 1.82) is 0 Å². The van der Waals surface area contributed by atoms with E-state index in [2.05, 4.69) is 5.32 Å². The number of nitrogens with zero attached hydrogens (tertiary/aromatic N) is 2. The molecule has 1 heterocycles. The van der Waals surface area contributed by atoms with Gasteiger partial charge < -0.3 is 15.1 Å². The zero-order chi connectivity index (χ0) is 15.4. The van der Waals surface area contributed by atoms with Crippen LogP contribution in [0.5, 0.6) is 0 Å². The van der Waals surface area contributed by atoms with Crippen LogP contribution in [0.2, 0.25) is 0 Å². The zero-order valence-corrected chi connectivity index (χ0v) is 13.6. The molecule has 1 N–H and O–H groups in total. The number of likely N-dealkylation sites (N-methyl/N-ethyl adjacent to an activating group) is 2. The van der Waals surface area contributed by atoms with E-state index < -0.39 is 0 Å². The largest absolute Gasteiger partial charge is 0.341 e. The predicted octanol–water partition coefficient (Wildman–Crippen LogP) is 1.09. The monoisotopic (exact) mass is 295 g/mol. The van der Waals surface area contributed by atoms with Crippen molar-refractivity contribution in [1.82, 2.24) is 15.1 Å². The van der Waals surface area contributed by atoms with Gasteiger partial charge in [-0.3, -0.25) is 9.59 Å². The third-order valence-electron chi connectivity index (χ3n) is 5.17. The smallest absolute Gasteiger partial charge is 0.242 e. The Labute approximate surface area is 128 Å². The summed E-state index contributed by atoms with van der Waals surface area (Å²) in [6.07, 6.45) is 5.91. The Kier molecular flexibility index (Phi) is 5.62. The van der Waals surface area contributed by atoms with Gasteiger partial charge in [0, 0.05) is 26.1 Å². The first-order valence-electron chi connectivity index (χ1n) is 8.22. The van der Waals surface area contributed by atoms with Gasteiger partial charge in [0.05, 0.1) is 6.54 Å². The lowest BCUT2D eigenvalue weighted by atomic mass is 9.88. The topological polar surface area (TPSA) is 52.7 Å². The highest BCUT2D eigenvalue weighted by Crippen LogP contribution is 2.22. The molecule has 1 saturated carbocycles. The molecule has 2 fully saturated rings. The van der Waals surface area contributed by atoms with Gasteiger partial charge in [-0.1, -0.05) is 26.2 Å². The van der Waals surface area contributed by atoms with Gasteiger partial charge in [0.25, 0.3) is 0 Å². The number of hydrogen-bond donors (Lipinski definition) is 1. The van der Waals surface area contributed by atoms with Crippen LogP contribution >= 0.6 is 0 Å². The number of carbonyl (C=O) groups is 2. The van der Waals surface area contributed by atoms with Gasteiger partial charge >= 0.3 is 0 Å². The molecule has 1 aliphatic carbocycles. The predicted molar refractivity (Wildman–Crippen MR) is 82.8 cm³/mol. The molecule has 2 amide bonds. The van der Waals surface area contributed by atoms with Gasteiger partial charge in [0.2, 0.25) is 11.8 Å². The first-order valence-corrected chi connectivity index (χ1v) is 8.22. The number of hydrogen-bond acceptors (Lipinski definition) is 3. The number of rotatable bonds is 5. The van der Waals surface area contributed by atoms with Crippen molar-refractivity contribution in [3.05, 3.63) is 0 Å². The molecule has 0 aromatic heterocycles. The molecule has 2 rings (SSSR count). The lowest BCUT2D eigenvalue weighted by Gasteiger charge is -2.35. The normalized spacial score (nSPS) is 21.5. The van der Waals surface area contributed by atoms with Crippen molar-refractivity contribution in [2.45, 2.75) is 45.1 Å². The molecular formula is C16H29N3O2. The van der Waals surface area contributed by atoms with E-state index in [1.54, 1.807) is 11.9 Å². The molecule has 2 aliphatic rings. The molecule has 0 radical (unpaired) electrons. The van der Waals surface area contributed by atoms with Gasteiger partial charge in [-0.2, -0.15) is 0 Å². The van der Waals surface area contributed by atoms with Crippen molar-refractivity contribution in [3.8, 4) is 0 Å². The summed E-state index contributed by atoms with van der Waals surface area (Å²) in [6, 6.07) is 0.364. The van der Waals surface area contributed by atoms with Crippen LogP contribution in [0.4, 0.5) is 0 Å². The van der Waals surface area contributed by atoms with E-state index >= 15 is 0 Å². The quantitative estimate of drug-likeness (QED) is 0.826. The van der Waals surface area contributed by atoms with Crippen LogP contribution in [0, 0.1) is 11.8 Å². The summed E-state index contributed by atoms with van der Waals surface area (Å²) in [7, 11) is 3.63. The maximum absolute atomic E-state index is 12.4. The van der Waals surface area contributed by atoms with Gasteiger partial charge in [0.1, 0.15) is 0 Å². The van der Waals surface area contributed by atoms with Crippen molar-refractivity contribution >= 4 is 11.8 Å². The summed E-state index contributed by atoms with van der Waals surface area (Å²) in [4.78, 5) is 28.2. The fourth-order valence-corrected chi connectivity index (χ4v) is 3.28. The Hall–Kier alpha value is -1.10. The van der Waals surface area contributed by atoms with E-state index in [4.69, 9.17) is 0 Å². The minimum atomic E-state index is 0.00374. The molecule has 0 aromatic rings. The van der Waals surface area contributed by atoms with Crippen LogP contribution < -0.4 is 5.32 Å². The molecule has 1 saturated heterocycles. The van der Waals surface area contributed by atoms with Crippen LogP contribution in [0.1, 0.15) is 39.0 Å². The third-order valence-corrected chi connectivity index (χ3v) is 5.17. The van der Waals surface area contributed by atoms with Crippen molar-refractivity contribution in [2.24, 2.45) is 11.8 Å². The van der Waals surface area contributed by atoms with Crippen LogP contribution in [0.3, 0.4) is 0 Å². The zero-order valence-electron chi connectivity index (χ0n) is 13.6. The molecule has 120 valence electrons. The minimum absolute atomic E-state index is 0.00374. The highest BCUT2D eigenvalue weighted by Gasteiger charge is 2.31. The van der Waals surface area contributed by atoms with Gasteiger partial charge in [-0.15, -0.1) is 0 Å². The lowest BCUT2D eigenvalue weighted by molar-refractivity contribution is -0.143. The Morgan fingerprint density at radius 2 is 1.76 bits per heavy atom. The SMILES string of the molecule is CC(C(=O)N(C)CC(=O)N(C)C1CCCCC1)C1CNC1. The molecule has 5 nitrogen and oxygen atoms in total. The van der Waals surface area contributed by atoms with Crippen molar-refractivity contribution in [3.63, 3.8) is 0 Å². The minimum Gasteiger partial charge on any atom is -0.341 e. The third kappa shape index (κ3) is 3.96. The second-order valence-electron chi connectivity index (χ2n) is 6.70. The van der Waals surface area contributed by atoms with Crippen molar-refractivity contribution in [2.75, 3.05) is 33.7 Å². The van der Waals surface area contributed by atoms with Crippen LogP contribution in [0.15, 0.2) is 0 Å². The molecule has 1 atom stereocenters. The van der Waals surface area contributed by atoms with E-state index in [0.29, 0.717) is 12.0 Å². The highest BCUT2D eigenvalue weighted by atomic mass is 16.2. The molecular weight excluding hydrogens is 266 g/mol. The maximum Gasteiger partial charge on any atom is 0.242 e. The van der Waals surface area contributed by atoms with E-state index in [1.165, 1.54) is 19.3 Å². The molecule has 5 heteroatoms. The first kappa shape index (κ1) is 16.3. The van der Waals surface area contributed by atoms with E-state index in [-0.39, 0.29) is 24.3 Å². The standard InChI is InChI=1S/C16H29N3O2/c1-12(13-9-17-10-13)16(21)18(2)11-15(20)19(3)14-7-5-4-6-8-14/h12-14,17H,4-11H2,1-3H3. The highest BCUT2D eigenvalue weighted by molar-refractivity contribution is 5.85. The van der Waals surface area contributed by atoms with E-state index in [9.17, 15) is 9.59 Å². The maximum atomic E-state index is 12.4. The van der Waals surface area contributed by atoms with E-state index in [1.807, 2.05) is 18.9 Å². The lowest BCUT2D eigenvalue weighted by Crippen LogP contribution is -2.51. The molecule has 1 aliphatic heterocycles. The Balaban J connectivity index is 1.81. The van der Waals surface area contributed by atoms with Gasteiger partial charge in [0.15, 0.2) is 0 Å². The molecule has 21 heavy (non-hydrogen) atoms. The molecule has 0 spiro atoms. The fraction of sp³-hybridized carbons (Fsp3) is 0.875.